The molecule has 0 aliphatic heterocycles. The lowest BCUT2D eigenvalue weighted by atomic mass is 9.95. The predicted molar refractivity (Wildman–Crippen MR) is 89.8 cm³/mol. The van der Waals surface area contributed by atoms with E-state index in [1.54, 1.807) is 0 Å². The molecule has 1 atom stereocenters. The maximum absolute atomic E-state index is 6.08. The number of hydrogen-bond acceptors (Lipinski definition) is 2. The molecule has 1 unspecified atom stereocenters. The van der Waals surface area contributed by atoms with E-state index in [1.807, 2.05) is 23.5 Å². The van der Waals surface area contributed by atoms with Crippen LogP contribution in [0.4, 0.5) is 0 Å². The number of benzene rings is 1. The number of thiophene rings is 1. The second-order valence-corrected chi connectivity index (χ2v) is 7.02. The summed E-state index contributed by atoms with van der Waals surface area (Å²) in [5.41, 5.74) is 1.32. The van der Waals surface area contributed by atoms with Gasteiger partial charge in [-0.1, -0.05) is 43.6 Å². The van der Waals surface area contributed by atoms with Crippen molar-refractivity contribution in [1.82, 2.24) is 5.32 Å². The molecule has 0 amide bonds. The zero-order valence-corrected chi connectivity index (χ0v) is 13.7. The van der Waals surface area contributed by atoms with E-state index in [0.717, 1.165) is 24.4 Å². The van der Waals surface area contributed by atoms with Crippen molar-refractivity contribution < 1.29 is 0 Å². The van der Waals surface area contributed by atoms with Crippen molar-refractivity contribution in [3.63, 3.8) is 0 Å². The first kappa shape index (κ1) is 15.6. The molecule has 0 bridgehead atoms. The Morgan fingerprint density at radius 1 is 1.15 bits per heavy atom. The van der Waals surface area contributed by atoms with Crippen LogP contribution >= 0.6 is 22.9 Å². The molecule has 1 aromatic carbocycles. The maximum Gasteiger partial charge on any atom is 0.0408 e. The first-order chi connectivity index (χ1) is 9.63. The van der Waals surface area contributed by atoms with E-state index < -0.39 is 0 Å². The van der Waals surface area contributed by atoms with Crippen molar-refractivity contribution in [3.8, 4) is 0 Å². The number of halogens is 1. The molecule has 0 aliphatic carbocycles. The normalized spacial score (nSPS) is 12.8. The summed E-state index contributed by atoms with van der Waals surface area (Å²) in [6.45, 7) is 5.44. The van der Waals surface area contributed by atoms with Gasteiger partial charge in [-0.2, -0.15) is 0 Å². The van der Waals surface area contributed by atoms with E-state index in [9.17, 15) is 0 Å². The average molecular weight is 308 g/mol. The lowest BCUT2D eigenvalue weighted by Crippen LogP contribution is -2.30. The van der Waals surface area contributed by atoms with Crippen molar-refractivity contribution in [2.75, 3.05) is 6.54 Å². The van der Waals surface area contributed by atoms with Gasteiger partial charge in [0.05, 0.1) is 0 Å². The Bertz CT molecular complexity index is 507. The van der Waals surface area contributed by atoms with E-state index in [-0.39, 0.29) is 0 Å². The van der Waals surface area contributed by atoms with E-state index in [2.05, 4.69) is 48.8 Å². The molecule has 0 spiro atoms. The van der Waals surface area contributed by atoms with Crippen LogP contribution in [0.2, 0.25) is 5.02 Å². The molecule has 1 N–H and O–H groups in total. The second-order valence-electron chi connectivity index (χ2n) is 5.55. The van der Waals surface area contributed by atoms with Gasteiger partial charge >= 0.3 is 0 Å². The van der Waals surface area contributed by atoms with E-state index in [0.29, 0.717) is 12.0 Å². The average Bonchev–Trinajstić information content (AvgIpc) is 2.89. The Kier molecular flexibility index (Phi) is 6.08. The molecule has 2 rings (SSSR count). The Morgan fingerprint density at radius 2 is 2.00 bits per heavy atom. The molecule has 1 heterocycles. The Hall–Kier alpha value is -0.830. The van der Waals surface area contributed by atoms with Gasteiger partial charge in [0.25, 0.3) is 0 Å². The third-order valence-corrected chi connectivity index (χ3v) is 4.43. The lowest BCUT2D eigenvalue weighted by Gasteiger charge is -2.19. The Morgan fingerprint density at radius 3 is 2.65 bits per heavy atom. The molecule has 0 aliphatic rings. The molecule has 0 radical (unpaired) electrons. The van der Waals surface area contributed by atoms with E-state index >= 15 is 0 Å². The minimum absolute atomic E-state index is 0.528. The SMILES string of the molecule is CC(C)NCC(Cc1cccc(Cl)c1)Cc1cccs1. The fraction of sp³-hybridized carbons (Fsp3) is 0.412. The van der Waals surface area contributed by atoms with Crippen LogP contribution in [0.5, 0.6) is 0 Å². The van der Waals surface area contributed by atoms with Crippen LogP contribution in [0.15, 0.2) is 41.8 Å². The van der Waals surface area contributed by atoms with Crippen LogP contribution < -0.4 is 5.32 Å². The first-order valence-corrected chi connectivity index (χ1v) is 8.39. The third-order valence-electron chi connectivity index (χ3n) is 3.30. The van der Waals surface area contributed by atoms with Crippen LogP contribution in [-0.2, 0) is 12.8 Å². The van der Waals surface area contributed by atoms with Crippen LogP contribution in [-0.4, -0.2) is 12.6 Å². The van der Waals surface area contributed by atoms with Gasteiger partial charge in [0.2, 0.25) is 0 Å². The largest absolute Gasteiger partial charge is 0.314 e. The third kappa shape index (κ3) is 5.28. The summed E-state index contributed by atoms with van der Waals surface area (Å²) in [4.78, 5) is 1.46. The van der Waals surface area contributed by atoms with Gasteiger partial charge in [0.1, 0.15) is 0 Å². The minimum Gasteiger partial charge on any atom is -0.314 e. The molecule has 3 heteroatoms. The summed E-state index contributed by atoms with van der Waals surface area (Å²) in [5, 5.41) is 6.55. The lowest BCUT2D eigenvalue weighted by molar-refractivity contribution is 0.446. The molecule has 20 heavy (non-hydrogen) atoms. The highest BCUT2D eigenvalue weighted by atomic mass is 35.5. The molecular formula is C17H22ClNS. The van der Waals surface area contributed by atoms with Gasteiger partial charge in [-0.3, -0.25) is 0 Å². The quantitative estimate of drug-likeness (QED) is 0.774. The van der Waals surface area contributed by atoms with Crippen LogP contribution in [0.1, 0.15) is 24.3 Å². The standard InChI is InChI=1S/C17H22ClNS/c1-13(2)19-12-15(11-17-7-4-8-20-17)9-14-5-3-6-16(18)10-14/h3-8,10,13,15,19H,9,11-12H2,1-2H3. The summed E-state index contributed by atoms with van der Waals surface area (Å²) < 4.78 is 0. The monoisotopic (exact) mass is 307 g/mol. The van der Waals surface area contributed by atoms with Gasteiger partial charge < -0.3 is 5.32 Å². The predicted octanol–water partition coefficient (Wildman–Crippen LogP) is 4.80. The second kappa shape index (κ2) is 7.82. The Balaban J connectivity index is 2.01. The Labute approximate surface area is 131 Å². The number of nitrogens with one attached hydrogen (secondary N) is 1. The smallest absolute Gasteiger partial charge is 0.0408 e. The minimum atomic E-state index is 0.528. The molecule has 0 fully saturated rings. The van der Waals surface area contributed by atoms with Crippen LogP contribution in [0.3, 0.4) is 0 Å². The molecule has 2 aromatic rings. The van der Waals surface area contributed by atoms with E-state index in [4.69, 9.17) is 11.6 Å². The molecular weight excluding hydrogens is 286 g/mol. The van der Waals surface area contributed by atoms with Gasteiger partial charge in [-0.25, -0.2) is 0 Å². The summed E-state index contributed by atoms with van der Waals surface area (Å²) in [5.74, 6) is 0.606. The summed E-state index contributed by atoms with van der Waals surface area (Å²) in [6.07, 6.45) is 2.20. The highest BCUT2D eigenvalue weighted by Gasteiger charge is 2.12. The van der Waals surface area contributed by atoms with Crippen molar-refractivity contribution in [3.05, 3.63) is 57.2 Å². The summed E-state index contributed by atoms with van der Waals surface area (Å²) in [6, 6.07) is 13.1. The zero-order valence-electron chi connectivity index (χ0n) is 12.1. The van der Waals surface area contributed by atoms with Gasteiger partial charge in [0, 0.05) is 15.9 Å². The van der Waals surface area contributed by atoms with Crippen molar-refractivity contribution in [1.29, 1.82) is 0 Å². The molecule has 0 saturated heterocycles. The van der Waals surface area contributed by atoms with Crippen molar-refractivity contribution in [2.24, 2.45) is 5.92 Å². The van der Waals surface area contributed by atoms with Gasteiger partial charge in [-0.15, -0.1) is 11.3 Å². The topological polar surface area (TPSA) is 12.0 Å². The van der Waals surface area contributed by atoms with Crippen molar-refractivity contribution >= 4 is 22.9 Å². The summed E-state index contributed by atoms with van der Waals surface area (Å²) in [7, 11) is 0. The summed E-state index contributed by atoms with van der Waals surface area (Å²) >= 11 is 7.93. The van der Waals surface area contributed by atoms with E-state index in [1.165, 1.54) is 10.4 Å². The molecule has 0 saturated carbocycles. The molecule has 1 aromatic heterocycles. The molecule has 1 nitrogen and oxygen atoms in total. The zero-order chi connectivity index (χ0) is 14.4. The van der Waals surface area contributed by atoms with Gasteiger partial charge in [-0.05, 0) is 54.4 Å². The fourth-order valence-corrected chi connectivity index (χ4v) is 3.36. The van der Waals surface area contributed by atoms with Crippen LogP contribution in [0, 0.1) is 5.92 Å². The maximum atomic E-state index is 6.08. The van der Waals surface area contributed by atoms with Gasteiger partial charge in [0.15, 0.2) is 0 Å². The highest BCUT2D eigenvalue weighted by Crippen LogP contribution is 2.20. The molecule has 108 valence electrons. The highest BCUT2D eigenvalue weighted by molar-refractivity contribution is 7.09. The van der Waals surface area contributed by atoms with Crippen molar-refractivity contribution in [2.45, 2.75) is 32.7 Å². The van der Waals surface area contributed by atoms with Crippen LogP contribution in [0.25, 0.3) is 0 Å². The fourth-order valence-electron chi connectivity index (χ4n) is 2.33. The first-order valence-electron chi connectivity index (χ1n) is 7.13. The number of hydrogen-bond donors (Lipinski definition) is 1. The number of rotatable bonds is 7.